The van der Waals surface area contributed by atoms with Crippen LogP contribution in [-0.2, 0) is 23.9 Å². The van der Waals surface area contributed by atoms with E-state index in [9.17, 15) is 14.4 Å². The Morgan fingerprint density at radius 2 is 1.67 bits per heavy atom. The first-order valence-electron chi connectivity index (χ1n) is 9.08. The van der Waals surface area contributed by atoms with Gasteiger partial charge in [-0.2, -0.15) is 5.10 Å². The fraction of sp³-hybridized carbons (Fsp3) is 0.400. The second-order valence-corrected chi connectivity index (χ2v) is 7.38. The molecule has 30 heavy (non-hydrogen) atoms. The molecule has 1 N–H and O–H groups in total. The van der Waals surface area contributed by atoms with E-state index in [-0.39, 0.29) is 12.8 Å². The van der Waals surface area contributed by atoms with Crippen LogP contribution >= 0.6 is 11.6 Å². The summed E-state index contributed by atoms with van der Waals surface area (Å²) in [6.07, 6.45) is 2.78. The van der Waals surface area contributed by atoms with E-state index < -0.39 is 29.5 Å². The van der Waals surface area contributed by atoms with Gasteiger partial charge in [-0.25, -0.2) is 0 Å². The van der Waals surface area contributed by atoms with Crippen molar-refractivity contribution in [3.63, 3.8) is 0 Å². The van der Waals surface area contributed by atoms with Gasteiger partial charge in [0.15, 0.2) is 5.60 Å². The maximum Gasteiger partial charge on any atom is 0.307 e. The third-order valence-corrected chi connectivity index (χ3v) is 4.48. The number of hydrogen-bond donors (Lipinski definition) is 1. The summed E-state index contributed by atoms with van der Waals surface area (Å²) >= 11 is 5.86. The van der Waals surface area contributed by atoms with Gasteiger partial charge in [0.1, 0.15) is 5.75 Å². The minimum atomic E-state index is -1.19. The number of benzene rings is 1. The van der Waals surface area contributed by atoms with Gasteiger partial charge >= 0.3 is 11.9 Å². The molecular weight excluding hydrogens is 414 g/mol. The number of methoxy groups -OCH3 is 2. The molecule has 0 radical (unpaired) electrons. The lowest BCUT2D eigenvalue weighted by atomic mass is 10.1. The van der Waals surface area contributed by atoms with E-state index in [2.05, 4.69) is 19.9 Å². The third kappa shape index (κ3) is 6.48. The highest BCUT2D eigenvalue weighted by Gasteiger charge is 2.31. The summed E-state index contributed by atoms with van der Waals surface area (Å²) in [6.45, 7) is 3.25. The molecule has 0 unspecified atom stereocenters. The van der Waals surface area contributed by atoms with Crippen LogP contribution in [0.2, 0.25) is 5.02 Å². The topological polar surface area (TPSA) is 109 Å². The predicted molar refractivity (Wildman–Crippen MR) is 109 cm³/mol. The fourth-order valence-corrected chi connectivity index (χ4v) is 2.66. The molecule has 0 saturated heterocycles. The third-order valence-electron chi connectivity index (χ3n) is 4.23. The van der Waals surface area contributed by atoms with Crippen molar-refractivity contribution in [2.75, 3.05) is 19.5 Å². The van der Waals surface area contributed by atoms with Crippen LogP contribution in [0.1, 0.15) is 32.7 Å². The zero-order valence-electron chi connectivity index (χ0n) is 17.2. The summed E-state index contributed by atoms with van der Waals surface area (Å²) in [6, 6.07) is 6.04. The summed E-state index contributed by atoms with van der Waals surface area (Å²) in [5.74, 6) is -0.911. The van der Waals surface area contributed by atoms with E-state index in [1.165, 1.54) is 31.3 Å². The van der Waals surface area contributed by atoms with Gasteiger partial charge in [0, 0.05) is 11.2 Å². The molecule has 162 valence electrons. The Labute approximate surface area is 179 Å². The number of hydrogen-bond acceptors (Lipinski definition) is 7. The van der Waals surface area contributed by atoms with Gasteiger partial charge in [-0.3, -0.25) is 19.1 Å². The minimum absolute atomic E-state index is 0.0775. The summed E-state index contributed by atoms with van der Waals surface area (Å²) in [5.41, 5.74) is -0.805. The maximum absolute atomic E-state index is 12.7. The van der Waals surface area contributed by atoms with Crippen LogP contribution in [0.5, 0.6) is 5.75 Å². The number of carbonyl (C=O) groups excluding carboxylic acids is 3. The van der Waals surface area contributed by atoms with Crippen molar-refractivity contribution >= 4 is 35.1 Å². The highest BCUT2D eigenvalue weighted by Crippen LogP contribution is 2.23. The average Bonchev–Trinajstić information content (AvgIpc) is 3.17. The van der Waals surface area contributed by atoms with Gasteiger partial charge in [0.25, 0.3) is 5.91 Å². The predicted octanol–water partition coefficient (Wildman–Crippen LogP) is 3.00. The van der Waals surface area contributed by atoms with Gasteiger partial charge in [-0.1, -0.05) is 11.6 Å². The van der Waals surface area contributed by atoms with Crippen molar-refractivity contribution in [1.82, 2.24) is 9.78 Å². The Morgan fingerprint density at radius 1 is 1.10 bits per heavy atom. The number of ether oxygens (including phenoxy) is 3. The SMILES string of the molecule is COC(=O)CC(CC(=O)OC)n1cc(NC(=O)C(C)(C)Oc2ccc(Cl)cc2)cn1. The molecule has 1 amide bonds. The van der Waals surface area contributed by atoms with Crippen molar-refractivity contribution in [2.45, 2.75) is 38.3 Å². The van der Waals surface area contributed by atoms with Gasteiger partial charge < -0.3 is 19.5 Å². The summed E-state index contributed by atoms with van der Waals surface area (Å²) < 4.78 is 16.5. The van der Waals surface area contributed by atoms with Gasteiger partial charge in [0.2, 0.25) is 0 Å². The molecule has 0 bridgehead atoms. The van der Waals surface area contributed by atoms with Crippen LogP contribution in [0.3, 0.4) is 0 Å². The molecule has 0 atom stereocenters. The maximum atomic E-state index is 12.7. The van der Waals surface area contributed by atoms with E-state index in [0.717, 1.165) is 0 Å². The monoisotopic (exact) mass is 437 g/mol. The zero-order valence-corrected chi connectivity index (χ0v) is 17.9. The standard InChI is InChI=1S/C20H24ClN3O6/c1-20(2,30-16-7-5-13(21)6-8-16)19(27)23-14-11-22-24(12-14)15(9-17(25)28-3)10-18(26)29-4/h5-8,11-12,15H,9-10H2,1-4H3,(H,23,27). The largest absolute Gasteiger partial charge is 0.478 e. The minimum Gasteiger partial charge on any atom is -0.478 e. The molecule has 0 saturated carbocycles. The van der Waals surface area contributed by atoms with Crippen molar-refractivity contribution < 1.29 is 28.6 Å². The Kier molecular flexibility index (Phi) is 7.82. The molecule has 0 spiro atoms. The lowest BCUT2D eigenvalue weighted by molar-refractivity contribution is -0.144. The molecule has 1 aromatic carbocycles. The van der Waals surface area contributed by atoms with E-state index in [4.69, 9.17) is 16.3 Å². The van der Waals surface area contributed by atoms with Gasteiger partial charge in [0.05, 0.1) is 45.0 Å². The molecule has 10 heteroatoms. The number of carbonyl (C=O) groups is 3. The smallest absolute Gasteiger partial charge is 0.307 e. The molecule has 1 heterocycles. The highest BCUT2D eigenvalue weighted by molar-refractivity contribution is 6.30. The van der Waals surface area contributed by atoms with Crippen LogP contribution < -0.4 is 10.1 Å². The van der Waals surface area contributed by atoms with Gasteiger partial charge in [-0.15, -0.1) is 0 Å². The van der Waals surface area contributed by atoms with E-state index in [0.29, 0.717) is 16.5 Å². The number of nitrogens with zero attached hydrogens (tertiary/aromatic N) is 2. The van der Waals surface area contributed by atoms with Crippen molar-refractivity contribution in [2.24, 2.45) is 0 Å². The number of halogens is 1. The van der Waals surface area contributed by atoms with Crippen LogP contribution in [0, 0.1) is 0 Å². The summed E-state index contributed by atoms with van der Waals surface area (Å²) in [7, 11) is 2.52. The number of nitrogens with one attached hydrogen (secondary N) is 1. The second kappa shape index (κ2) is 10.1. The van der Waals surface area contributed by atoms with Crippen LogP contribution in [0.4, 0.5) is 5.69 Å². The first-order chi connectivity index (χ1) is 14.1. The number of esters is 2. The lowest BCUT2D eigenvalue weighted by Gasteiger charge is -2.25. The molecule has 1 aromatic heterocycles. The zero-order chi connectivity index (χ0) is 22.3. The summed E-state index contributed by atoms with van der Waals surface area (Å²) in [4.78, 5) is 36.0. The molecular formula is C20H24ClN3O6. The Hall–Kier alpha value is -3.07. The Bertz CT molecular complexity index is 876. The van der Waals surface area contributed by atoms with Gasteiger partial charge in [-0.05, 0) is 38.1 Å². The molecule has 0 aliphatic carbocycles. The van der Waals surface area contributed by atoms with E-state index in [1.54, 1.807) is 38.1 Å². The highest BCUT2D eigenvalue weighted by atomic mass is 35.5. The lowest BCUT2D eigenvalue weighted by Crippen LogP contribution is -2.42. The van der Waals surface area contributed by atoms with Crippen molar-refractivity contribution in [3.05, 3.63) is 41.7 Å². The average molecular weight is 438 g/mol. The fourth-order valence-electron chi connectivity index (χ4n) is 2.54. The quantitative estimate of drug-likeness (QED) is 0.600. The normalized spacial score (nSPS) is 11.1. The molecule has 0 fully saturated rings. The molecule has 2 rings (SSSR count). The molecule has 0 aliphatic heterocycles. The first-order valence-corrected chi connectivity index (χ1v) is 9.46. The molecule has 0 aliphatic rings. The number of aromatic nitrogens is 2. The van der Waals surface area contributed by atoms with Crippen LogP contribution in [0.25, 0.3) is 0 Å². The van der Waals surface area contributed by atoms with Crippen molar-refractivity contribution in [1.29, 1.82) is 0 Å². The van der Waals surface area contributed by atoms with Crippen LogP contribution in [-0.4, -0.2) is 47.4 Å². The van der Waals surface area contributed by atoms with E-state index in [1.807, 2.05) is 0 Å². The molecule has 9 nitrogen and oxygen atoms in total. The second-order valence-electron chi connectivity index (χ2n) is 6.94. The molecule has 2 aromatic rings. The van der Waals surface area contributed by atoms with E-state index >= 15 is 0 Å². The number of amides is 1. The number of rotatable bonds is 9. The summed E-state index contributed by atoms with van der Waals surface area (Å²) in [5, 5.41) is 7.43. The number of anilines is 1. The van der Waals surface area contributed by atoms with Crippen molar-refractivity contribution in [3.8, 4) is 5.75 Å². The Balaban J connectivity index is 2.09. The Morgan fingerprint density at radius 3 is 2.20 bits per heavy atom. The van der Waals surface area contributed by atoms with Crippen LogP contribution in [0.15, 0.2) is 36.7 Å². The first kappa shape index (κ1) is 23.2.